The van der Waals surface area contributed by atoms with Gasteiger partial charge in [0.25, 0.3) is 5.91 Å². The predicted octanol–water partition coefficient (Wildman–Crippen LogP) is 2.82. The first-order valence-corrected chi connectivity index (χ1v) is 11.2. The molecule has 7 nitrogen and oxygen atoms in total. The normalized spacial score (nSPS) is 18.7. The van der Waals surface area contributed by atoms with Gasteiger partial charge in [-0.3, -0.25) is 9.59 Å². The third-order valence-electron chi connectivity index (χ3n) is 6.44. The lowest BCUT2D eigenvalue weighted by molar-refractivity contribution is 0.00349. The fourth-order valence-corrected chi connectivity index (χ4v) is 4.70. The van der Waals surface area contributed by atoms with Crippen molar-refractivity contribution in [1.29, 1.82) is 0 Å². The minimum atomic E-state index is -0.282. The third kappa shape index (κ3) is 3.66. The van der Waals surface area contributed by atoms with Gasteiger partial charge in [0.1, 0.15) is 11.7 Å². The lowest BCUT2D eigenvalue weighted by Crippen LogP contribution is -2.48. The summed E-state index contributed by atoms with van der Waals surface area (Å²) < 4.78 is 13.5. The molecule has 0 N–H and O–H groups in total. The molecule has 1 aliphatic heterocycles. The molecule has 3 heterocycles. The van der Waals surface area contributed by atoms with Crippen molar-refractivity contribution >= 4 is 16.8 Å². The molecule has 1 aromatic carbocycles. The van der Waals surface area contributed by atoms with Gasteiger partial charge in [-0.1, -0.05) is 24.3 Å². The van der Waals surface area contributed by atoms with Crippen LogP contribution < -0.4 is 10.2 Å². The maximum Gasteiger partial charge on any atom is 0.259 e. The maximum atomic E-state index is 13.4. The van der Waals surface area contributed by atoms with Gasteiger partial charge in [0.15, 0.2) is 0 Å². The maximum absolute atomic E-state index is 13.4. The number of rotatable bonds is 4. The fourth-order valence-electron chi connectivity index (χ4n) is 4.70. The summed E-state index contributed by atoms with van der Waals surface area (Å²) in [6.45, 7) is 5.98. The van der Waals surface area contributed by atoms with Crippen LogP contribution in [0, 0.1) is 0 Å². The van der Waals surface area contributed by atoms with E-state index in [1.165, 1.54) is 11.1 Å². The molecule has 3 aromatic rings. The molecule has 2 aromatic heterocycles. The van der Waals surface area contributed by atoms with Crippen molar-refractivity contribution in [3.63, 3.8) is 0 Å². The number of ether oxygens (including phenoxy) is 2. The third-order valence-corrected chi connectivity index (χ3v) is 6.44. The molecular weight excluding hydrogens is 406 g/mol. The van der Waals surface area contributed by atoms with Gasteiger partial charge in [-0.2, -0.15) is 0 Å². The number of aromatic nitrogens is 2. The molecule has 0 spiro atoms. The Morgan fingerprint density at radius 1 is 1.25 bits per heavy atom. The van der Waals surface area contributed by atoms with Crippen molar-refractivity contribution in [2.75, 3.05) is 19.8 Å². The molecule has 5 rings (SSSR count). The average molecular weight is 434 g/mol. The van der Waals surface area contributed by atoms with E-state index in [4.69, 9.17) is 9.47 Å². The number of benzene rings is 1. The summed E-state index contributed by atoms with van der Waals surface area (Å²) in [5, 5.41) is 0.458. The average Bonchev–Trinajstić information content (AvgIpc) is 3.22. The number of morpholine rings is 1. The Labute approximate surface area is 186 Å². The van der Waals surface area contributed by atoms with Gasteiger partial charge in [0.2, 0.25) is 11.3 Å². The van der Waals surface area contributed by atoms with Crippen LogP contribution in [0.1, 0.15) is 35.3 Å². The second-order valence-corrected chi connectivity index (χ2v) is 8.54. The highest BCUT2D eigenvalue weighted by Crippen LogP contribution is 2.26. The van der Waals surface area contributed by atoms with Crippen LogP contribution in [-0.2, 0) is 24.1 Å². The number of amides is 1. The van der Waals surface area contributed by atoms with E-state index in [2.05, 4.69) is 17.1 Å². The van der Waals surface area contributed by atoms with Crippen LogP contribution in [0.25, 0.3) is 10.9 Å². The molecule has 1 unspecified atom stereocenters. The van der Waals surface area contributed by atoms with E-state index in [0.717, 1.165) is 12.8 Å². The zero-order chi connectivity index (χ0) is 22.2. The zero-order valence-corrected chi connectivity index (χ0v) is 18.4. The second-order valence-electron chi connectivity index (χ2n) is 8.54. The highest BCUT2D eigenvalue weighted by molar-refractivity contribution is 5.97. The van der Waals surface area contributed by atoms with Crippen LogP contribution in [0.3, 0.4) is 0 Å². The van der Waals surface area contributed by atoms with Crippen LogP contribution in [0.5, 0.6) is 5.88 Å². The van der Waals surface area contributed by atoms with E-state index in [0.29, 0.717) is 43.1 Å². The number of carbonyl (C=O) groups excluding carboxylic acids is 1. The van der Waals surface area contributed by atoms with Crippen LogP contribution in [0.15, 0.2) is 47.5 Å². The van der Waals surface area contributed by atoms with Gasteiger partial charge in [0.05, 0.1) is 36.4 Å². The molecule has 0 saturated carbocycles. The summed E-state index contributed by atoms with van der Waals surface area (Å²) in [5.41, 5.74) is 3.18. The molecule has 1 amide bonds. The number of fused-ring (bicyclic) bond motifs is 2. The molecule has 0 radical (unpaired) electrons. The van der Waals surface area contributed by atoms with Gasteiger partial charge in [-0.15, -0.1) is 0 Å². The molecule has 32 heavy (non-hydrogen) atoms. The van der Waals surface area contributed by atoms with E-state index < -0.39 is 0 Å². The fraction of sp³-hybridized carbons (Fsp3) is 0.400. The van der Waals surface area contributed by atoms with Gasteiger partial charge >= 0.3 is 0 Å². The summed E-state index contributed by atoms with van der Waals surface area (Å²) >= 11 is 0. The lowest BCUT2D eigenvalue weighted by Gasteiger charge is -2.33. The molecule has 2 aliphatic rings. The van der Waals surface area contributed by atoms with Gasteiger partial charge < -0.3 is 18.9 Å². The summed E-state index contributed by atoms with van der Waals surface area (Å²) in [7, 11) is 0. The Morgan fingerprint density at radius 2 is 2.00 bits per heavy atom. The summed E-state index contributed by atoms with van der Waals surface area (Å²) in [6, 6.07) is 9.94. The van der Waals surface area contributed by atoms with Crippen molar-refractivity contribution in [2.45, 2.75) is 45.4 Å². The highest BCUT2D eigenvalue weighted by Gasteiger charge is 2.28. The van der Waals surface area contributed by atoms with Crippen molar-refractivity contribution in [3.8, 4) is 5.88 Å². The summed E-state index contributed by atoms with van der Waals surface area (Å²) in [6.07, 6.45) is 4.96. The van der Waals surface area contributed by atoms with Crippen molar-refractivity contribution in [3.05, 3.63) is 69.6 Å². The summed E-state index contributed by atoms with van der Waals surface area (Å²) in [4.78, 5) is 32.8. The number of pyridine rings is 2. The first-order chi connectivity index (χ1) is 15.5. The van der Waals surface area contributed by atoms with Crippen LogP contribution >= 0.6 is 0 Å². The first-order valence-electron chi connectivity index (χ1n) is 11.2. The Kier molecular flexibility index (Phi) is 5.43. The quantitative estimate of drug-likeness (QED) is 0.633. The van der Waals surface area contributed by atoms with E-state index in [1.807, 2.05) is 30.5 Å². The minimum absolute atomic E-state index is 0.00948. The minimum Gasteiger partial charge on any atom is -0.474 e. The first kappa shape index (κ1) is 20.7. The SMILES string of the molecule is CCn1cc(C(=O)N2CCOCC2C)c(=O)c2cc(OC3Cc4ccccc4C3)ncc21. The number of hydrogen-bond donors (Lipinski definition) is 0. The van der Waals surface area contributed by atoms with Crippen LogP contribution in [0.2, 0.25) is 0 Å². The van der Waals surface area contributed by atoms with E-state index in [1.54, 1.807) is 23.4 Å². The van der Waals surface area contributed by atoms with Crippen LogP contribution in [-0.4, -0.2) is 52.3 Å². The lowest BCUT2D eigenvalue weighted by atomic mass is 10.1. The number of nitrogens with zero attached hydrogens (tertiary/aromatic N) is 3. The second kappa shape index (κ2) is 8.39. The van der Waals surface area contributed by atoms with Gasteiger partial charge in [-0.05, 0) is 25.0 Å². The smallest absolute Gasteiger partial charge is 0.259 e. The van der Waals surface area contributed by atoms with Gasteiger partial charge in [0, 0.05) is 38.2 Å². The standard InChI is InChI=1S/C25H27N3O4/c1-3-27-14-21(25(30)28-8-9-31-15-16(28)2)24(29)20-12-23(26-13-22(20)27)32-19-10-17-6-4-5-7-18(17)11-19/h4-7,12-14,16,19H,3,8-11,15H2,1-2H3. The zero-order valence-electron chi connectivity index (χ0n) is 18.4. The molecule has 1 fully saturated rings. The molecule has 0 bridgehead atoms. The van der Waals surface area contributed by atoms with Crippen molar-refractivity contribution < 1.29 is 14.3 Å². The summed E-state index contributed by atoms with van der Waals surface area (Å²) in [5.74, 6) is 0.167. The van der Waals surface area contributed by atoms with E-state index in [-0.39, 0.29) is 29.0 Å². The molecule has 1 saturated heterocycles. The molecular formula is C25H27N3O4. The largest absolute Gasteiger partial charge is 0.474 e. The number of hydrogen-bond acceptors (Lipinski definition) is 5. The predicted molar refractivity (Wildman–Crippen MR) is 121 cm³/mol. The number of carbonyl (C=O) groups is 1. The molecule has 166 valence electrons. The Hall–Kier alpha value is -3.19. The van der Waals surface area contributed by atoms with Crippen molar-refractivity contribution in [1.82, 2.24) is 14.5 Å². The Morgan fingerprint density at radius 3 is 2.69 bits per heavy atom. The molecule has 1 atom stereocenters. The van der Waals surface area contributed by atoms with Crippen LogP contribution in [0.4, 0.5) is 0 Å². The topological polar surface area (TPSA) is 73.7 Å². The van der Waals surface area contributed by atoms with Crippen molar-refractivity contribution in [2.24, 2.45) is 0 Å². The molecule has 7 heteroatoms. The highest BCUT2D eigenvalue weighted by atomic mass is 16.5. The van der Waals surface area contributed by atoms with Gasteiger partial charge in [-0.25, -0.2) is 4.98 Å². The Bertz CT molecular complexity index is 1210. The number of aryl methyl sites for hydroxylation is 1. The Balaban J connectivity index is 1.48. The molecule has 1 aliphatic carbocycles. The van der Waals surface area contributed by atoms with E-state index in [9.17, 15) is 9.59 Å². The monoisotopic (exact) mass is 433 g/mol. The van der Waals surface area contributed by atoms with E-state index >= 15 is 0 Å².